The zero-order valence-corrected chi connectivity index (χ0v) is 17.6. The lowest BCUT2D eigenvalue weighted by Gasteiger charge is -2.20. The van der Waals surface area contributed by atoms with Gasteiger partial charge in [-0.25, -0.2) is 9.67 Å². The number of furan rings is 1. The summed E-state index contributed by atoms with van der Waals surface area (Å²) in [4.78, 5) is 19.9. The highest BCUT2D eigenvalue weighted by molar-refractivity contribution is 6.06. The molecule has 28 heavy (non-hydrogen) atoms. The Bertz CT molecular complexity index is 916. The van der Waals surface area contributed by atoms with Crippen LogP contribution in [0.5, 0.6) is 0 Å². The van der Waals surface area contributed by atoms with Crippen LogP contribution in [0.25, 0.3) is 22.5 Å². The largest absolute Gasteiger partial charge is 0.463 e. The number of hydrogen-bond donors (Lipinski definition) is 1. The Morgan fingerprint density at radius 2 is 2.07 bits per heavy atom. The molecule has 1 N–H and O–H groups in total. The van der Waals surface area contributed by atoms with Crippen molar-refractivity contribution in [1.29, 1.82) is 0 Å². The maximum Gasteiger partial charge on any atom is 0.254 e. The normalized spacial score (nSPS) is 14.5. The molecule has 0 aromatic carbocycles. The Hall–Kier alpha value is -2.09. The van der Waals surface area contributed by atoms with Crippen molar-refractivity contribution in [2.45, 2.75) is 26.3 Å². The van der Waals surface area contributed by atoms with Crippen molar-refractivity contribution in [2.75, 3.05) is 26.2 Å². The molecule has 1 fully saturated rings. The third-order valence-electron chi connectivity index (χ3n) is 4.69. The summed E-state index contributed by atoms with van der Waals surface area (Å²) in [6.45, 7) is 7.32. The van der Waals surface area contributed by atoms with Crippen molar-refractivity contribution >= 4 is 41.8 Å². The van der Waals surface area contributed by atoms with Crippen LogP contribution in [-0.4, -0.2) is 51.8 Å². The molecule has 1 saturated heterocycles. The van der Waals surface area contributed by atoms with Gasteiger partial charge in [-0.15, -0.1) is 24.8 Å². The summed E-state index contributed by atoms with van der Waals surface area (Å²) in [5, 5.41) is 8.59. The fraction of sp³-hybridized carbons (Fsp3) is 0.421. The van der Waals surface area contributed by atoms with Crippen LogP contribution in [0, 0.1) is 0 Å². The molecule has 0 atom stereocenters. The maximum absolute atomic E-state index is 13.3. The van der Waals surface area contributed by atoms with Gasteiger partial charge in [0.05, 0.1) is 23.4 Å². The number of carbonyl (C=O) groups excluding carboxylic acids is 1. The van der Waals surface area contributed by atoms with Crippen LogP contribution in [-0.2, 0) is 0 Å². The molecule has 3 aromatic heterocycles. The van der Waals surface area contributed by atoms with Gasteiger partial charge in [-0.1, -0.05) is 0 Å². The molecule has 0 unspecified atom stereocenters. The fourth-order valence-corrected chi connectivity index (χ4v) is 3.34. The third-order valence-corrected chi connectivity index (χ3v) is 4.69. The van der Waals surface area contributed by atoms with Crippen LogP contribution >= 0.6 is 24.8 Å². The van der Waals surface area contributed by atoms with Crippen LogP contribution in [0.4, 0.5) is 0 Å². The van der Waals surface area contributed by atoms with Gasteiger partial charge in [-0.2, -0.15) is 5.10 Å². The van der Waals surface area contributed by atoms with Gasteiger partial charge in [0.25, 0.3) is 5.91 Å². The number of nitrogens with zero attached hydrogens (tertiary/aromatic N) is 4. The van der Waals surface area contributed by atoms with Gasteiger partial charge in [0, 0.05) is 25.7 Å². The van der Waals surface area contributed by atoms with Crippen molar-refractivity contribution in [2.24, 2.45) is 0 Å². The quantitative estimate of drug-likeness (QED) is 0.693. The molecule has 9 heteroatoms. The van der Waals surface area contributed by atoms with Crippen LogP contribution in [0.3, 0.4) is 0 Å². The van der Waals surface area contributed by atoms with Crippen LogP contribution in [0.2, 0.25) is 0 Å². The minimum absolute atomic E-state index is 0. The summed E-state index contributed by atoms with van der Waals surface area (Å²) < 4.78 is 7.37. The second-order valence-electron chi connectivity index (χ2n) is 6.85. The molecule has 152 valence electrons. The lowest BCUT2D eigenvalue weighted by molar-refractivity contribution is 0.0768. The first-order valence-corrected chi connectivity index (χ1v) is 9.07. The van der Waals surface area contributed by atoms with E-state index in [2.05, 4.69) is 24.3 Å². The molecule has 0 saturated carbocycles. The molecule has 0 bridgehead atoms. The number of nitrogens with one attached hydrogen (secondary N) is 1. The zero-order valence-electron chi connectivity index (χ0n) is 15.9. The van der Waals surface area contributed by atoms with Crippen LogP contribution in [0.1, 0.15) is 36.7 Å². The van der Waals surface area contributed by atoms with E-state index in [1.165, 1.54) is 0 Å². The monoisotopic (exact) mass is 425 g/mol. The Balaban J connectivity index is 0.00000140. The van der Waals surface area contributed by atoms with E-state index in [9.17, 15) is 4.79 Å². The van der Waals surface area contributed by atoms with E-state index >= 15 is 0 Å². The first-order chi connectivity index (χ1) is 12.6. The molecule has 7 nitrogen and oxygen atoms in total. The summed E-state index contributed by atoms with van der Waals surface area (Å²) in [5.74, 6) is 0.673. The predicted molar refractivity (Wildman–Crippen MR) is 114 cm³/mol. The van der Waals surface area contributed by atoms with Gasteiger partial charge in [-0.05, 0) is 45.0 Å². The highest BCUT2D eigenvalue weighted by Gasteiger charge is 2.23. The van der Waals surface area contributed by atoms with E-state index in [1.807, 2.05) is 27.8 Å². The van der Waals surface area contributed by atoms with Gasteiger partial charge < -0.3 is 14.6 Å². The topological polar surface area (TPSA) is 76.2 Å². The van der Waals surface area contributed by atoms with Crippen molar-refractivity contribution in [3.63, 3.8) is 0 Å². The van der Waals surface area contributed by atoms with Crippen LogP contribution in [0.15, 0.2) is 35.1 Å². The third kappa shape index (κ3) is 4.16. The summed E-state index contributed by atoms with van der Waals surface area (Å²) in [6, 6.07) is 5.66. The Kier molecular flexibility index (Phi) is 7.46. The number of halogens is 2. The average Bonchev–Trinajstić information content (AvgIpc) is 3.24. The number of pyridine rings is 1. The zero-order chi connectivity index (χ0) is 18.1. The first kappa shape index (κ1) is 22.2. The number of aromatic nitrogens is 3. The van der Waals surface area contributed by atoms with Gasteiger partial charge >= 0.3 is 0 Å². The molecule has 0 spiro atoms. The van der Waals surface area contributed by atoms with Crippen molar-refractivity contribution in [3.05, 3.63) is 36.2 Å². The number of hydrogen-bond acceptors (Lipinski definition) is 5. The molecule has 0 aliphatic carbocycles. The van der Waals surface area contributed by atoms with Gasteiger partial charge in [-0.3, -0.25) is 4.79 Å². The SMILES string of the molecule is CC(C)n1ncc2c(C(=O)N3CCCNCC3)cc(-c3ccco3)nc21.Cl.Cl. The second kappa shape index (κ2) is 9.41. The molecular formula is C19H25Cl2N5O2. The Morgan fingerprint density at radius 1 is 1.25 bits per heavy atom. The summed E-state index contributed by atoms with van der Waals surface area (Å²) in [7, 11) is 0. The van der Waals surface area contributed by atoms with E-state index in [0.29, 0.717) is 29.2 Å². The summed E-state index contributed by atoms with van der Waals surface area (Å²) in [6.07, 6.45) is 4.32. The van der Waals surface area contributed by atoms with Crippen molar-refractivity contribution in [3.8, 4) is 11.5 Å². The smallest absolute Gasteiger partial charge is 0.254 e. The lowest BCUT2D eigenvalue weighted by Crippen LogP contribution is -2.34. The number of carbonyl (C=O) groups is 1. The average molecular weight is 426 g/mol. The maximum atomic E-state index is 13.3. The lowest BCUT2D eigenvalue weighted by atomic mass is 10.1. The minimum atomic E-state index is 0. The fourth-order valence-electron chi connectivity index (χ4n) is 3.34. The Morgan fingerprint density at radius 3 is 2.79 bits per heavy atom. The van der Waals surface area contributed by atoms with Gasteiger partial charge in [0.15, 0.2) is 11.4 Å². The number of fused-ring (bicyclic) bond motifs is 1. The molecule has 1 aliphatic heterocycles. The van der Waals surface area contributed by atoms with E-state index in [0.717, 1.165) is 31.4 Å². The predicted octanol–water partition coefficient (Wildman–Crippen LogP) is 3.55. The standard InChI is InChI=1S/C19H23N5O2.2ClH/c1-13(2)24-18-15(12-21-24)14(11-16(22-18)17-5-3-10-26-17)19(25)23-8-4-6-20-7-9-23;;/h3,5,10-13,20H,4,6-9H2,1-2H3;2*1H. The molecule has 1 aliphatic rings. The van der Waals surface area contributed by atoms with E-state index < -0.39 is 0 Å². The second-order valence-corrected chi connectivity index (χ2v) is 6.85. The van der Waals surface area contributed by atoms with E-state index in [1.54, 1.807) is 12.5 Å². The first-order valence-electron chi connectivity index (χ1n) is 9.07. The highest BCUT2D eigenvalue weighted by atomic mass is 35.5. The van der Waals surface area contributed by atoms with Crippen molar-refractivity contribution < 1.29 is 9.21 Å². The van der Waals surface area contributed by atoms with Crippen LogP contribution < -0.4 is 5.32 Å². The molecule has 0 radical (unpaired) electrons. The molecule has 4 rings (SSSR count). The molecule has 3 aromatic rings. The van der Waals surface area contributed by atoms with Crippen molar-refractivity contribution in [1.82, 2.24) is 25.0 Å². The van der Waals surface area contributed by atoms with Gasteiger partial charge in [0.2, 0.25) is 0 Å². The summed E-state index contributed by atoms with van der Waals surface area (Å²) >= 11 is 0. The van der Waals surface area contributed by atoms with E-state index in [-0.39, 0.29) is 36.8 Å². The highest BCUT2D eigenvalue weighted by Crippen LogP contribution is 2.27. The minimum Gasteiger partial charge on any atom is -0.463 e. The Labute approximate surface area is 176 Å². The van der Waals surface area contributed by atoms with Gasteiger partial charge in [0.1, 0.15) is 5.69 Å². The molecular weight excluding hydrogens is 401 g/mol. The number of rotatable bonds is 3. The molecule has 4 heterocycles. The summed E-state index contributed by atoms with van der Waals surface area (Å²) in [5.41, 5.74) is 2.00. The molecule has 1 amide bonds. The van der Waals surface area contributed by atoms with E-state index in [4.69, 9.17) is 9.40 Å². The number of amides is 1.